The van der Waals surface area contributed by atoms with Gasteiger partial charge in [0.2, 0.25) is 0 Å². The largest absolute Gasteiger partial charge is 0.481 e. The van der Waals surface area contributed by atoms with Gasteiger partial charge in [-0.15, -0.1) is 0 Å². The summed E-state index contributed by atoms with van der Waals surface area (Å²) in [5, 5.41) is 9.52. The molecule has 1 saturated carbocycles. The second kappa shape index (κ2) is 9.46. The predicted molar refractivity (Wildman–Crippen MR) is 129 cm³/mol. The molecule has 1 aliphatic rings. The molecule has 2 aromatic heterocycles. The van der Waals surface area contributed by atoms with Crippen LogP contribution in [0.4, 0.5) is 13.2 Å². The summed E-state index contributed by atoms with van der Waals surface area (Å²) in [7, 11) is 0. The Kier molecular flexibility index (Phi) is 6.34. The minimum Gasteiger partial charge on any atom is -0.481 e. The zero-order valence-electron chi connectivity index (χ0n) is 18.8. The molecule has 1 aliphatic carbocycles. The third kappa shape index (κ3) is 5.02. The Morgan fingerprint density at radius 3 is 2.33 bits per heavy atom. The van der Waals surface area contributed by atoms with Crippen LogP contribution in [0.5, 0.6) is 6.01 Å². The lowest BCUT2D eigenvalue weighted by atomic mass is 9.87. The number of halogens is 4. The van der Waals surface area contributed by atoms with Crippen LogP contribution < -0.4 is 4.74 Å². The minimum absolute atomic E-state index is 0.125. The van der Waals surface area contributed by atoms with E-state index in [-0.39, 0.29) is 12.0 Å². The molecule has 186 valence electrons. The van der Waals surface area contributed by atoms with Crippen molar-refractivity contribution < 1.29 is 27.8 Å². The summed E-state index contributed by atoms with van der Waals surface area (Å²) >= 11 is 6.47. The molecule has 0 unspecified atom stereocenters. The van der Waals surface area contributed by atoms with Gasteiger partial charge in [-0.2, -0.15) is 18.2 Å². The van der Waals surface area contributed by atoms with E-state index in [4.69, 9.17) is 21.4 Å². The van der Waals surface area contributed by atoms with Crippen molar-refractivity contribution in [1.82, 2.24) is 15.0 Å². The van der Waals surface area contributed by atoms with Crippen LogP contribution in [0.15, 0.2) is 54.6 Å². The fourth-order valence-electron chi connectivity index (χ4n) is 4.43. The third-order valence-electron chi connectivity index (χ3n) is 6.39. The molecule has 0 bridgehead atoms. The number of nitrogens with zero attached hydrogens (tertiary/aromatic N) is 2. The number of hydrogen-bond donors (Lipinski definition) is 2. The fraction of sp³-hybridized carbons (Fsp3) is 0.269. The number of H-pyrrole nitrogens is 1. The van der Waals surface area contributed by atoms with Gasteiger partial charge in [0.25, 0.3) is 6.01 Å². The zero-order valence-corrected chi connectivity index (χ0v) is 19.6. The number of imidazole rings is 1. The van der Waals surface area contributed by atoms with E-state index in [0.29, 0.717) is 70.3 Å². The predicted octanol–water partition coefficient (Wildman–Crippen LogP) is 6.99. The summed E-state index contributed by atoms with van der Waals surface area (Å²) in [5.41, 5.74) is 2.59. The molecule has 2 N–H and O–H groups in total. The van der Waals surface area contributed by atoms with Gasteiger partial charge >= 0.3 is 12.1 Å². The second-order valence-electron chi connectivity index (χ2n) is 8.81. The van der Waals surface area contributed by atoms with Gasteiger partial charge in [0.05, 0.1) is 22.2 Å². The van der Waals surface area contributed by atoms with Gasteiger partial charge in [-0.05, 0) is 55.0 Å². The molecule has 0 aliphatic heterocycles. The molecular weight excluding hydrogens is 495 g/mol. The molecule has 0 atom stereocenters. The Balaban J connectivity index is 1.35. The van der Waals surface area contributed by atoms with Crippen LogP contribution in [0, 0.1) is 5.92 Å². The number of nitrogens with one attached hydrogen (secondary N) is 1. The number of pyridine rings is 1. The quantitative estimate of drug-likeness (QED) is 0.299. The van der Waals surface area contributed by atoms with Crippen molar-refractivity contribution in [2.24, 2.45) is 5.92 Å². The average Bonchev–Trinajstić information content (AvgIpc) is 3.24. The summed E-state index contributed by atoms with van der Waals surface area (Å²) in [5.74, 6) is -1.10. The van der Waals surface area contributed by atoms with E-state index >= 15 is 0 Å². The lowest BCUT2D eigenvalue weighted by Crippen LogP contribution is -2.28. The first kappa shape index (κ1) is 24.1. The number of benzene rings is 2. The minimum atomic E-state index is -4.41. The molecule has 0 spiro atoms. The topological polar surface area (TPSA) is 88.1 Å². The number of carbonyl (C=O) groups is 1. The van der Waals surface area contributed by atoms with Crippen molar-refractivity contribution in [3.63, 3.8) is 0 Å². The first-order valence-corrected chi connectivity index (χ1v) is 11.8. The number of carboxylic acid groups (broad SMARTS) is 1. The van der Waals surface area contributed by atoms with Crippen molar-refractivity contribution >= 4 is 28.7 Å². The van der Waals surface area contributed by atoms with Gasteiger partial charge in [0.1, 0.15) is 11.6 Å². The molecule has 0 saturated heterocycles. The Morgan fingerprint density at radius 2 is 1.67 bits per heavy atom. The highest BCUT2D eigenvalue weighted by Gasteiger charge is 2.30. The fourth-order valence-corrected chi connectivity index (χ4v) is 4.69. The molecule has 36 heavy (non-hydrogen) atoms. The molecule has 6 nitrogen and oxygen atoms in total. The maximum absolute atomic E-state index is 13.1. The van der Waals surface area contributed by atoms with Crippen molar-refractivity contribution in [1.29, 1.82) is 0 Å². The summed E-state index contributed by atoms with van der Waals surface area (Å²) in [4.78, 5) is 23.2. The van der Waals surface area contributed by atoms with Gasteiger partial charge in [-0.3, -0.25) is 9.78 Å². The van der Waals surface area contributed by atoms with E-state index in [0.717, 1.165) is 12.1 Å². The molecule has 2 aromatic carbocycles. The molecule has 1 fully saturated rings. The van der Waals surface area contributed by atoms with E-state index < -0.39 is 17.7 Å². The van der Waals surface area contributed by atoms with Gasteiger partial charge in [-0.1, -0.05) is 48.0 Å². The molecular formula is C26H21ClF3N3O3. The van der Waals surface area contributed by atoms with E-state index in [9.17, 15) is 18.0 Å². The van der Waals surface area contributed by atoms with Crippen LogP contribution in [0.2, 0.25) is 5.02 Å². The molecule has 10 heteroatoms. The normalized spacial score (nSPS) is 18.3. The van der Waals surface area contributed by atoms with Crippen LogP contribution >= 0.6 is 11.6 Å². The number of ether oxygens (including phenoxy) is 1. The van der Waals surface area contributed by atoms with Gasteiger partial charge in [0.15, 0.2) is 5.65 Å². The molecule has 0 radical (unpaired) electrons. The van der Waals surface area contributed by atoms with Crippen LogP contribution in [0.1, 0.15) is 31.2 Å². The SMILES string of the molecule is O=C(O)[C@H]1CC[C@H](Oc2nc3cc(Cl)c(-c4ccc(-c5cccc(C(F)(F)F)c5)cc4)nc3[nH]2)CC1. The van der Waals surface area contributed by atoms with E-state index in [1.54, 1.807) is 36.4 Å². The number of carboxylic acids is 1. The van der Waals surface area contributed by atoms with E-state index in [2.05, 4.69) is 15.0 Å². The highest BCUT2D eigenvalue weighted by molar-refractivity contribution is 6.33. The number of alkyl halides is 3. The van der Waals surface area contributed by atoms with Gasteiger partial charge in [-0.25, -0.2) is 4.98 Å². The summed E-state index contributed by atoms with van der Waals surface area (Å²) in [6.07, 6.45) is -2.15. The van der Waals surface area contributed by atoms with Crippen LogP contribution in [0.3, 0.4) is 0 Å². The average molecular weight is 516 g/mol. The summed E-state index contributed by atoms with van der Waals surface area (Å²) in [6, 6.07) is 14.1. The number of fused-ring (bicyclic) bond motifs is 1. The highest BCUT2D eigenvalue weighted by atomic mass is 35.5. The summed E-state index contributed by atoms with van der Waals surface area (Å²) in [6.45, 7) is 0. The van der Waals surface area contributed by atoms with Crippen LogP contribution in [-0.2, 0) is 11.0 Å². The first-order chi connectivity index (χ1) is 17.2. The standard InChI is InChI=1S/C26H21ClF3N3O3/c27-20-13-21-23(33-25(31-21)36-19-10-8-16(9-11-19)24(34)35)32-22(20)15-6-4-14(5-7-15)17-2-1-3-18(12-17)26(28,29)30/h1-7,12-13,16,19H,8-11H2,(H,34,35)(H,31,32,33)/t16-,19-. The van der Waals surface area contributed by atoms with Crippen molar-refractivity contribution in [3.05, 3.63) is 65.2 Å². The van der Waals surface area contributed by atoms with Crippen LogP contribution in [0.25, 0.3) is 33.5 Å². The van der Waals surface area contributed by atoms with E-state index in [1.165, 1.54) is 6.07 Å². The maximum Gasteiger partial charge on any atom is 0.416 e. The molecule has 5 rings (SSSR count). The zero-order chi connectivity index (χ0) is 25.4. The lowest BCUT2D eigenvalue weighted by molar-refractivity contribution is -0.143. The lowest BCUT2D eigenvalue weighted by Gasteiger charge is -2.25. The number of aromatic amines is 1. The van der Waals surface area contributed by atoms with Gasteiger partial charge in [0, 0.05) is 5.56 Å². The first-order valence-electron chi connectivity index (χ1n) is 11.4. The second-order valence-corrected chi connectivity index (χ2v) is 9.22. The number of aliphatic carboxylic acids is 1. The highest BCUT2D eigenvalue weighted by Crippen LogP contribution is 2.34. The smallest absolute Gasteiger partial charge is 0.416 e. The third-order valence-corrected chi connectivity index (χ3v) is 6.67. The van der Waals surface area contributed by atoms with Gasteiger partial charge < -0.3 is 9.84 Å². The maximum atomic E-state index is 13.1. The number of hydrogen-bond acceptors (Lipinski definition) is 4. The molecule has 2 heterocycles. The van der Waals surface area contributed by atoms with E-state index in [1.807, 2.05) is 0 Å². The number of aromatic nitrogens is 3. The van der Waals surface area contributed by atoms with Crippen molar-refractivity contribution in [3.8, 4) is 28.4 Å². The monoisotopic (exact) mass is 515 g/mol. The van der Waals surface area contributed by atoms with Crippen molar-refractivity contribution in [2.45, 2.75) is 38.0 Å². The van der Waals surface area contributed by atoms with Crippen molar-refractivity contribution in [2.75, 3.05) is 0 Å². The molecule has 0 amide bonds. The summed E-state index contributed by atoms with van der Waals surface area (Å²) < 4.78 is 45.1. The Hall–Kier alpha value is -3.59. The Morgan fingerprint density at radius 1 is 0.972 bits per heavy atom. The van der Waals surface area contributed by atoms with Crippen LogP contribution in [-0.4, -0.2) is 32.1 Å². The Labute approximate surface area is 209 Å². The molecule has 4 aromatic rings. The number of rotatable bonds is 5. The Bertz CT molecular complexity index is 1410.